The molecule has 0 heterocycles. The van der Waals surface area contributed by atoms with Crippen molar-refractivity contribution in [1.82, 2.24) is 10.6 Å². The average molecular weight is 264 g/mol. The molecule has 0 radical (unpaired) electrons. The standard InChI is InChI=1S/C14H20N2O3/c1-14(2,10-17)16-12(18)8-9-15-13(19)11-6-4-3-5-7-11/h3-7,17H,8-10H2,1-2H3,(H,15,19)(H,16,18). The predicted octanol–water partition coefficient (Wildman–Crippen LogP) is 0.694. The molecular weight excluding hydrogens is 244 g/mol. The van der Waals surface area contributed by atoms with Crippen molar-refractivity contribution in [2.24, 2.45) is 0 Å². The molecule has 0 saturated carbocycles. The second-order valence-electron chi connectivity index (χ2n) is 4.96. The largest absolute Gasteiger partial charge is 0.394 e. The maximum Gasteiger partial charge on any atom is 0.251 e. The van der Waals surface area contributed by atoms with Gasteiger partial charge in [-0.15, -0.1) is 0 Å². The van der Waals surface area contributed by atoms with Crippen molar-refractivity contribution in [1.29, 1.82) is 0 Å². The Morgan fingerprint density at radius 1 is 1.21 bits per heavy atom. The number of amides is 2. The minimum atomic E-state index is -0.638. The Bertz CT molecular complexity index is 430. The van der Waals surface area contributed by atoms with Crippen LogP contribution < -0.4 is 10.6 Å². The molecule has 0 aliphatic carbocycles. The van der Waals surface area contributed by atoms with Crippen LogP contribution in [0.3, 0.4) is 0 Å². The van der Waals surface area contributed by atoms with Gasteiger partial charge in [-0.3, -0.25) is 9.59 Å². The van der Waals surface area contributed by atoms with Gasteiger partial charge in [0.15, 0.2) is 0 Å². The zero-order chi connectivity index (χ0) is 14.3. The highest BCUT2D eigenvalue weighted by atomic mass is 16.3. The molecule has 1 rings (SSSR count). The van der Waals surface area contributed by atoms with Gasteiger partial charge in [-0.1, -0.05) is 18.2 Å². The highest BCUT2D eigenvalue weighted by Crippen LogP contribution is 2.00. The summed E-state index contributed by atoms with van der Waals surface area (Å²) in [6.07, 6.45) is 0.183. The summed E-state index contributed by atoms with van der Waals surface area (Å²) in [6, 6.07) is 8.83. The maximum atomic E-state index is 11.7. The number of benzene rings is 1. The first kappa shape index (κ1) is 15.2. The summed E-state index contributed by atoms with van der Waals surface area (Å²) >= 11 is 0. The molecule has 0 atom stereocenters. The third kappa shape index (κ3) is 5.52. The number of carbonyl (C=O) groups is 2. The lowest BCUT2D eigenvalue weighted by Gasteiger charge is -2.23. The molecule has 0 fully saturated rings. The van der Waals surface area contributed by atoms with Crippen molar-refractivity contribution in [2.75, 3.05) is 13.2 Å². The Balaban J connectivity index is 2.31. The summed E-state index contributed by atoms with van der Waals surface area (Å²) in [5.41, 5.74) is -0.0702. The lowest BCUT2D eigenvalue weighted by molar-refractivity contribution is -0.123. The molecule has 104 valence electrons. The molecule has 0 unspecified atom stereocenters. The van der Waals surface area contributed by atoms with E-state index in [2.05, 4.69) is 10.6 Å². The molecule has 0 aliphatic rings. The highest BCUT2D eigenvalue weighted by molar-refractivity contribution is 5.94. The fraction of sp³-hybridized carbons (Fsp3) is 0.429. The van der Waals surface area contributed by atoms with E-state index in [4.69, 9.17) is 5.11 Å². The smallest absolute Gasteiger partial charge is 0.251 e. The van der Waals surface area contributed by atoms with E-state index in [0.29, 0.717) is 5.56 Å². The summed E-state index contributed by atoms with van der Waals surface area (Å²) in [5, 5.41) is 14.4. The minimum absolute atomic E-state index is 0.130. The number of aliphatic hydroxyl groups is 1. The molecule has 0 aliphatic heterocycles. The summed E-state index contributed by atoms with van der Waals surface area (Å²) in [6.45, 7) is 3.59. The van der Waals surface area contributed by atoms with Crippen LogP contribution in [0.15, 0.2) is 30.3 Å². The summed E-state index contributed by atoms with van der Waals surface area (Å²) in [5.74, 6) is -0.401. The van der Waals surface area contributed by atoms with Crippen LogP contribution in [0.5, 0.6) is 0 Å². The third-order valence-corrected chi connectivity index (χ3v) is 2.55. The molecule has 2 amide bonds. The van der Waals surface area contributed by atoms with Crippen LogP contribution in [0.4, 0.5) is 0 Å². The van der Waals surface area contributed by atoms with Crippen molar-refractivity contribution in [3.05, 3.63) is 35.9 Å². The van der Waals surface area contributed by atoms with Crippen LogP contribution in [0, 0.1) is 0 Å². The number of hydrogen-bond donors (Lipinski definition) is 3. The zero-order valence-electron chi connectivity index (χ0n) is 11.3. The topological polar surface area (TPSA) is 78.4 Å². The zero-order valence-corrected chi connectivity index (χ0v) is 11.3. The first-order valence-corrected chi connectivity index (χ1v) is 6.20. The Hall–Kier alpha value is -1.88. The Labute approximate surface area is 113 Å². The maximum absolute atomic E-state index is 11.7. The molecule has 1 aromatic carbocycles. The van der Waals surface area contributed by atoms with Gasteiger partial charge in [0, 0.05) is 18.5 Å². The van der Waals surface area contributed by atoms with E-state index in [0.717, 1.165) is 0 Å². The second-order valence-corrected chi connectivity index (χ2v) is 4.96. The molecular formula is C14H20N2O3. The molecule has 0 bridgehead atoms. The Morgan fingerprint density at radius 3 is 2.42 bits per heavy atom. The van der Waals surface area contributed by atoms with Gasteiger partial charge in [-0.2, -0.15) is 0 Å². The molecule has 1 aromatic rings. The van der Waals surface area contributed by atoms with Gasteiger partial charge in [-0.05, 0) is 26.0 Å². The van der Waals surface area contributed by atoms with Crippen molar-refractivity contribution in [3.8, 4) is 0 Å². The number of hydrogen-bond acceptors (Lipinski definition) is 3. The van der Waals surface area contributed by atoms with Crippen LogP contribution in [0.2, 0.25) is 0 Å². The minimum Gasteiger partial charge on any atom is -0.394 e. The van der Waals surface area contributed by atoms with E-state index in [-0.39, 0.29) is 31.4 Å². The van der Waals surface area contributed by atoms with Gasteiger partial charge in [-0.25, -0.2) is 0 Å². The molecule has 3 N–H and O–H groups in total. The van der Waals surface area contributed by atoms with Crippen molar-refractivity contribution >= 4 is 11.8 Å². The summed E-state index contributed by atoms with van der Waals surface area (Å²) < 4.78 is 0. The van der Waals surface area contributed by atoms with Gasteiger partial charge in [0.25, 0.3) is 5.91 Å². The first-order chi connectivity index (χ1) is 8.94. The SMILES string of the molecule is CC(C)(CO)NC(=O)CCNC(=O)c1ccccc1. The number of rotatable bonds is 6. The lowest BCUT2D eigenvalue weighted by Crippen LogP contribution is -2.47. The van der Waals surface area contributed by atoms with Crippen LogP contribution in [0.25, 0.3) is 0 Å². The van der Waals surface area contributed by atoms with Gasteiger partial charge >= 0.3 is 0 Å². The van der Waals surface area contributed by atoms with Gasteiger partial charge in [0.1, 0.15) is 0 Å². The van der Waals surface area contributed by atoms with E-state index < -0.39 is 5.54 Å². The fourth-order valence-corrected chi connectivity index (χ4v) is 1.46. The molecule has 5 nitrogen and oxygen atoms in total. The molecule has 5 heteroatoms. The fourth-order valence-electron chi connectivity index (χ4n) is 1.46. The summed E-state index contributed by atoms with van der Waals surface area (Å²) in [7, 11) is 0. The predicted molar refractivity (Wildman–Crippen MR) is 72.7 cm³/mol. The van der Waals surface area contributed by atoms with Crippen molar-refractivity contribution < 1.29 is 14.7 Å². The van der Waals surface area contributed by atoms with Gasteiger partial charge in [0.2, 0.25) is 5.91 Å². The van der Waals surface area contributed by atoms with E-state index in [1.165, 1.54) is 0 Å². The van der Waals surface area contributed by atoms with Gasteiger partial charge < -0.3 is 15.7 Å². The van der Waals surface area contributed by atoms with E-state index in [1.807, 2.05) is 6.07 Å². The monoisotopic (exact) mass is 264 g/mol. The van der Waals surface area contributed by atoms with E-state index >= 15 is 0 Å². The Kier molecular flexibility index (Phi) is 5.51. The van der Waals surface area contributed by atoms with Gasteiger partial charge in [0.05, 0.1) is 12.1 Å². The quantitative estimate of drug-likeness (QED) is 0.707. The molecule has 0 aromatic heterocycles. The van der Waals surface area contributed by atoms with Crippen molar-refractivity contribution in [2.45, 2.75) is 25.8 Å². The lowest BCUT2D eigenvalue weighted by atomic mass is 10.1. The normalized spacial score (nSPS) is 10.9. The number of carbonyl (C=O) groups excluding carboxylic acids is 2. The highest BCUT2D eigenvalue weighted by Gasteiger charge is 2.18. The van der Waals surface area contributed by atoms with Crippen LogP contribution in [0.1, 0.15) is 30.6 Å². The summed E-state index contributed by atoms with van der Waals surface area (Å²) in [4.78, 5) is 23.2. The van der Waals surface area contributed by atoms with E-state index in [1.54, 1.807) is 38.1 Å². The number of aliphatic hydroxyl groups excluding tert-OH is 1. The number of nitrogens with one attached hydrogen (secondary N) is 2. The average Bonchev–Trinajstić information content (AvgIpc) is 2.39. The molecule has 0 saturated heterocycles. The van der Waals surface area contributed by atoms with Crippen LogP contribution in [-0.2, 0) is 4.79 Å². The molecule has 19 heavy (non-hydrogen) atoms. The van der Waals surface area contributed by atoms with Crippen LogP contribution in [-0.4, -0.2) is 35.6 Å². The third-order valence-electron chi connectivity index (χ3n) is 2.55. The molecule has 0 spiro atoms. The van der Waals surface area contributed by atoms with Crippen LogP contribution >= 0.6 is 0 Å². The van der Waals surface area contributed by atoms with E-state index in [9.17, 15) is 9.59 Å². The van der Waals surface area contributed by atoms with Crippen molar-refractivity contribution in [3.63, 3.8) is 0 Å². The Morgan fingerprint density at radius 2 is 1.84 bits per heavy atom. The second kappa shape index (κ2) is 6.89. The first-order valence-electron chi connectivity index (χ1n) is 6.20.